The van der Waals surface area contributed by atoms with Gasteiger partial charge >= 0.3 is 0 Å². The van der Waals surface area contributed by atoms with E-state index in [0.29, 0.717) is 30.6 Å². The first-order valence-electron chi connectivity index (χ1n) is 7.56. The molecule has 1 saturated heterocycles. The summed E-state index contributed by atoms with van der Waals surface area (Å²) in [7, 11) is 0. The lowest BCUT2D eigenvalue weighted by molar-refractivity contribution is -0.0228. The largest absolute Gasteiger partial charge is 0.370 e. The average Bonchev–Trinajstić information content (AvgIpc) is 3.05. The van der Waals surface area contributed by atoms with Gasteiger partial charge in [-0.25, -0.2) is 4.98 Å². The Labute approximate surface area is 134 Å². The molecule has 0 radical (unpaired) electrons. The Kier molecular flexibility index (Phi) is 4.55. The first kappa shape index (κ1) is 15.2. The summed E-state index contributed by atoms with van der Waals surface area (Å²) in [6.45, 7) is 5.94. The number of hydrogen-bond acceptors (Lipinski definition) is 4. The van der Waals surface area contributed by atoms with Gasteiger partial charge in [0, 0.05) is 11.9 Å². The fraction of sp³-hybridized carbons (Fsp3) is 0.412. The normalized spacial score (nSPS) is 18.7. The molecule has 1 aliphatic rings. The summed E-state index contributed by atoms with van der Waals surface area (Å²) in [5.41, 5.74) is 2.10. The second kappa shape index (κ2) is 6.58. The zero-order valence-electron chi connectivity index (χ0n) is 12.9. The third-order valence-corrected chi connectivity index (χ3v) is 4.67. The number of carbonyl (C=O) groups excluding carboxylic acids is 1. The van der Waals surface area contributed by atoms with Crippen molar-refractivity contribution in [2.24, 2.45) is 0 Å². The molecule has 22 heavy (non-hydrogen) atoms. The first-order chi connectivity index (χ1) is 10.6. The maximum Gasteiger partial charge on any atom is 0.283 e. The number of amides is 1. The molecule has 1 fully saturated rings. The number of thiazole rings is 1. The fourth-order valence-electron chi connectivity index (χ4n) is 2.49. The van der Waals surface area contributed by atoms with Crippen LogP contribution in [0.3, 0.4) is 0 Å². The molecule has 0 N–H and O–H groups in total. The second-order valence-corrected chi connectivity index (χ2v) is 6.61. The van der Waals surface area contributed by atoms with Crippen LogP contribution in [-0.2, 0) is 4.74 Å². The number of aromatic nitrogens is 1. The molecule has 1 aromatic heterocycles. The van der Waals surface area contributed by atoms with Crippen LogP contribution in [0.4, 0.5) is 0 Å². The van der Waals surface area contributed by atoms with Gasteiger partial charge in [0.15, 0.2) is 5.01 Å². The Morgan fingerprint density at radius 1 is 1.36 bits per heavy atom. The van der Waals surface area contributed by atoms with Crippen molar-refractivity contribution in [1.29, 1.82) is 0 Å². The lowest BCUT2D eigenvalue weighted by Gasteiger charge is -2.32. The van der Waals surface area contributed by atoms with Gasteiger partial charge in [0.2, 0.25) is 0 Å². The topological polar surface area (TPSA) is 42.4 Å². The van der Waals surface area contributed by atoms with Gasteiger partial charge in [-0.3, -0.25) is 4.79 Å². The molecule has 0 unspecified atom stereocenters. The van der Waals surface area contributed by atoms with E-state index in [1.807, 2.05) is 40.6 Å². The Morgan fingerprint density at radius 2 is 2.14 bits per heavy atom. The minimum absolute atomic E-state index is 0.0149. The molecule has 2 heterocycles. The van der Waals surface area contributed by atoms with Gasteiger partial charge in [-0.15, -0.1) is 11.3 Å². The summed E-state index contributed by atoms with van der Waals surface area (Å²) in [4.78, 5) is 19.0. The Morgan fingerprint density at radius 3 is 2.82 bits per heavy atom. The number of hydrogen-bond donors (Lipinski definition) is 0. The van der Waals surface area contributed by atoms with Crippen LogP contribution in [-0.4, -0.2) is 35.5 Å². The zero-order chi connectivity index (χ0) is 15.5. The van der Waals surface area contributed by atoms with Crippen LogP contribution in [0.15, 0.2) is 35.7 Å². The molecule has 3 rings (SSSR count). The van der Waals surface area contributed by atoms with Crippen LogP contribution in [0.25, 0.3) is 0 Å². The van der Waals surface area contributed by atoms with Crippen LogP contribution in [0, 0.1) is 0 Å². The van der Waals surface area contributed by atoms with E-state index in [1.54, 1.807) is 0 Å². The quantitative estimate of drug-likeness (QED) is 0.870. The number of benzene rings is 1. The van der Waals surface area contributed by atoms with Gasteiger partial charge < -0.3 is 9.64 Å². The van der Waals surface area contributed by atoms with Crippen LogP contribution >= 0.6 is 11.3 Å². The minimum Gasteiger partial charge on any atom is -0.370 e. The van der Waals surface area contributed by atoms with E-state index in [0.717, 1.165) is 11.3 Å². The Bertz CT molecular complexity index is 639. The van der Waals surface area contributed by atoms with Crippen molar-refractivity contribution in [3.8, 4) is 0 Å². The molecule has 0 saturated carbocycles. The molecule has 1 aromatic carbocycles. The van der Waals surface area contributed by atoms with Crippen LogP contribution < -0.4 is 0 Å². The molecular formula is C17H20N2O2S. The summed E-state index contributed by atoms with van der Waals surface area (Å²) in [5, 5.41) is 2.56. The molecule has 1 aliphatic heterocycles. The van der Waals surface area contributed by atoms with Crippen LogP contribution in [0.5, 0.6) is 0 Å². The number of nitrogens with zero attached hydrogens (tertiary/aromatic N) is 2. The van der Waals surface area contributed by atoms with E-state index in [9.17, 15) is 4.79 Å². The number of ether oxygens (including phenoxy) is 1. The second-order valence-electron chi connectivity index (χ2n) is 5.75. The number of morpholine rings is 1. The summed E-state index contributed by atoms with van der Waals surface area (Å²) >= 11 is 1.43. The predicted octanol–water partition coefficient (Wildman–Crippen LogP) is 3.48. The lowest BCUT2D eigenvalue weighted by atomic mass is 10.1. The minimum atomic E-state index is -0.0524. The van der Waals surface area contributed by atoms with Gasteiger partial charge in [-0.05, 0) is 11.5 Å². The van der Waals surface area contributed by atoms with Crippen molar-refractivity contribution in [2.75, 3.05) is 19.7 Å². The van der Waals surface area contributed by atoms with E-state index in [2.05, 4.69) is 18.8 Å². The maximum atomic E-state index is 12.6. The van der Waals surface area contributed by atoms with Crippen molar-refractivity contribution >= 4 is 17.2 Å². The third-order valence-electron chi connectivity index (χ3n) is 3.82. The standard InChI is InChI=1S/C17H20N2O2S/c1-12(2)14-11-22-16(18-14)17(20)19-8-9-21-15(10-19)13-6-4-3-5-7-13/h3-7,11-12,15H,8-10H2,1-2H3/t15-/m0/s1. The van der Waals surface area contributed by atoms with Crippen LogP contribution in [0.1, 0.15) is 46.9 Å². The van der Waals surface area contributed by atoms with E-state index >= 15 is 0 Å². The van der Waals surface area contributed by atoms with Crippen molar-refractivity contribution in [2.45, 2.75) is 25.9 Å². The Hall–Kier alpha value is -1.72. The Balaban J connectivity index is 1.72. The predicted molar refractivity (Wildman–Crippen MR) is 87.2 cm³/mol. The SMILES string of the molecule is CC(C)c1csc(C(=O)N2CCO[C@H](c3ccccc3)C2)n1. The van der Waals surface area contributed by atoms with Crippen molar-refractivity contribution in [3.05, 3.63) is 52.0 Å². The van der Waals surface area contributed by atoms with E-state index in [1.165, 1.54) is 11.3 Å². The highest BCUT2D eigenvalue weighted by atomic mass is 32.1. The van der Waals surface area contributed by atoms with Crippen molar-refractivity contribution in [1.82, 2.24) is 9.88 Å². The third kappa shape index (κ3) is 3.20. The van der Waals surface area contributed by atoms with Crippen molar-refractivity contribution in [3.63, 3.8) is 0 Å². The van der Waals surface area contributed by atoms with E-state index in [4.69, 9.17) is 4.74 Å². The monoisotopic (exact) mass is 316 g/mol. The number of rotatable bonds is 3. The highest BCUT2D eigenvalue weighted by molar-refractivity contribution is 7.11. The van der Waals surface area contributed by atoms with E-state index < -0.39 is 0 Å². The lowest BCUT2D eigenvalue weighted by Crippen LogP contribution is -2.42. The summed E-state index contributed by atoms with van der Waals surface area (Å²) in [6, 6.07) is 10.1. The van der Waals surface area contributed by atoms with Gasteiger partial charge in [0.1, 0.15) is 6.10 Å². The van der Waals surface area contributed by atoms with E-state index in [-0.39, 0.29) is 12.0 Å². The van der Waals surface area contributed by atoms with Gasteiger partial charge in [0.05, 0.1) is 18.8 Å². The fourth-order valence-corrected chi connectivity index (χ4v) is 3.43. The van der Waals surface area contributed by atoms with Gasteiger partial charge in [-0.2, -0.15) is 0 Å². The molecule has 0 bridgehead atoms. The van der Waals surface area contributed by atoms with Gasteiger partial charge in [-0.1, -0.05) is 44.2 Å². The molecule has 5 heteroatoms. The highest BCUT2D eigenvalue weighted by Crippen LogP contribution is 2.24. The molecule has 0 spiro atoms. The highest BCUT2D eigenvalue weighted by Gasteiger charge is 2.27. The first-order valence-corrected chi connectivity index (χ1v) is 8.44. The number of carbonyl (C=O) groups is 1. The summed E-state index contributed by atoms with van der Waals surface area (Å²) in [5.74, 6) is 0.362. The molecule has 4 nitrogen and oxygen atoms in total. The molecule has 0 aliphatic carbocycles. The molecule has 1 atom stereocenters. The zero-order valence-corrected chi connectivity index (χ0v) is 13.7. The van der Waals surface area contributed by atoms with Crippen molar-refractivity contribution < 1.29 is 9.53 Å². The molecule has 2 aromatic rings. The molecular weight excluding hydrogens is 296 g/mol. The smallest absolute Gasteiger partial charge is 0.283 e. The van der Waals surface area contributed by atoms with Crippen LogP contribution in [0.2, 0.25) is 0 Å². The van der Waals surface area contributed by atoms with Gasteiger partial charge in [0.25, 0.3) is 5.91 Å². The maximum absolute atomic E-state index is 12.6. The summed E-state index contributed by atoms with van der Waals surface area (Å²) in [6.07, 6.45) is -0.0524. The summed E-state index contributed by atoms with van der Waals surface area (Å²) < 4.78 is 5.81. The average molecular weight is 316 g/mol. The molecule has 116 valence electrons. The molecule has 1 amide bonds.